The van der Waals surface area contributed by atoms with Crippen molar-refractivity contribution in [3.63, 3.8) is 0 Å². The van der Waals surface area contributed by atoms with Crippen LogP contribution in [0.1, 0.15) is 23.1 Å². The molecule has 0 amide bonds. The number of hydrogen-bond donors (Lipinski definition) is 2. The van der Waals surface area contributed by atoms with Gasteiger partial charge in [-0.2, -0.15) is 15.0 Å². The Morgan fingerprint density at radius 3 is 2.61 bits per heavy atom. The number of hydrazine groups is 2. The minimum atomic E-state index is -0.564. The summed E-state index contributed by atoms with van der Waals surface area (Å²) >= 11 is 0. The second kappa shape index (κ2) is 8.77. The number of benzene rings is 2. The smallest absolute Gasteiger partial charge is 0.248 e. The Labute approximate surface area is 190 Å². The van der Waals surface area contributed by atoms with Crippen LogP contribution in [-0.2, 0) is 13.0 Å². The third kappa shape index (κ3) is 4.16. The fourth-order valence-corrected chi connectivity index (χ4v) is 3.63. The monoisotopic (exact) mass is 445 g/mol. The van der Waals surface area contributed by atoms with Gasteiger partial charge in [0.25, 0.3) is 0 Å². The lowest BCUT2D eigenvalue weighted by molar-refractivity contribution is 0.0708. The van der Waals surface area contributed by atoms with E-state index in [-0.39, 0.29) is 5.96 Å². The molecule has 1 atom stereocenters. The summed E-state index contributed by atoms with van der Waals surface area (Å²) in [4.78, 5) is 13.5. The van der Waals surface area contributed by atoms with Gasteiger partial charge in [-0.05, 0) is 35.4 Å². The number of hydrogen-bond acceptors (Lipinski definition) is 10. The van der Waals surface area contributed by atoms with Gasteiger partial charge in [0.05, 0.1) is 13.4 Å². The minimum absolute atomic E-state index is 0.185. The van der Waals surface area contributed by atoms with E-state index in [9.17, 15) is 0 Å². The van der Waals surface area contributed by atoms with Gasteiger partial charge in [-0.3, -0.25) is 0 Å². The van der Waals surface area contributed by atoms with E-state index in [0.717, 1.165) is 11.1 Å². The van der Waals surface area contributed by atoms with E-state index in [1.165, 1.54) is 10.1 Å². The van der Waals surface area contributed by atoms with Crippen LogP contribution < -0.4 is 21.1 Å². The Hall–Kier alpha value is -4.15. The lowest BCUT2D eigenvalue weighted by Crippen LogP contribution is -2.54. The van der Waals surface area contributed by atoms with Crippen molar-refractivity contribution in [2.45, 2.75) is 19.2 Å². The number of rotatable bonds is 7. The molecule has 0 radical (unpaired) electrons. The number of methoxy groups -OCH3 is 1. The molecule has 0 saturated heterocycles. The van der Waals surface area contributed by atoms with Crippen molar-refractivity contribution in [3.05, 3.63) is 83.8 Å². The molecule has 5 rings (SSSR count). The number of nitrogens with zero attached hydrogens (tertiary/aromatic N) is 5. The maximum Gasteiger partial charge on any atom is 0.248 e. The van der Waals surface area contributed by atoms with Crippen molar-refractivity contribution in [1.29, 1.82) is 0 Å². The van der Waals surface area contributed by atoms with E-state index in [1.54, 1.807) is 25.5 Å². The van der Waals surface area contributed by atoms with Crippen LogP contribution >= 0.6 is 0 Å². The maximum atomic E-state index is 6.17. The van der Waals surface area contributed by atoms with Crippen LogP contribution in [0.5, 0.6) is 11.5 Å². The first kappa shape index (κ1) is 20.7. The van der Waals surface area contributed by atoms with Crippen LogP contribution in [0.2, 0.25) is 0 Å². The number of furan rings is 1. The molecule has 10 heteroatoms. The molecule has 168 valence electrons. The highest BCUT2D eigenvalue weighted by Crippen LogP contribution is 2.31. The molecule has 2 aliphatic heterocycles. The largest absolute Gasteiger partial charge is 0.493 e. The average molecular weight is 445 g/mol. The number of nitrogens with two attached hydrogens (primary N) is 2. The summed E-state index contributed by atoms with van der Waals surface area (Å²) in [5.74, 6) is 9.09. The molecule has 1 unspecified atom stereocenters. The first-order valence-corrected chi connectivity index (χ1v) is 10.3. The van der Waals surface area contributed by atoms with E-state index >= 15 is 0 Å². The third-order valence-electron chi connectivity index (χ3n) is 5.22. The summed E-state index contributed by atoms with van der Waals surface area (Å²) in [5.41, 5.74) is 8.18. The molecular formula is C23H23N7O3. The molecule has 2 aromatic carbocycles. The molecule has 0 bridgehead atoms. The van der Waals surface area contributed by atoms with Gasteiger partial charge in [-0.15, -0.1) is 5.12 Å². The average Bonchev–Trinajstić information content (AvgIpc) is 3.47. The molecule has 10 nitrogen and oxygen atoms in total. The molecule has 33 heavy (non-hydrogen) atoms. The zero-order valence-electron chi connectivity index (χ0n) is 18.0. The number of ether oxygens (including phenoxy) is 2. The number of amidine groups is 1. The van der Waals surface area contributed by atoms with E-state index in [0.29, 0.717) is 42.1 Å². The van der Waals surface area contributed by atoms with Gasteiger partial charge in [0.1, 0.15) is 18.2 Å². The van der Waals surface area contributed by atoms with E-state index < -0.39 is 6.17 Å². The first-order chi connectivity index (χ1) is 16.1. The predicted molar refractivity (Wildman–Crippen MR) is 123 cm³/mol. The van der Waals surface area contributed by atoms with Crippen molar-refractivity contribution >= 4 is 17.8 Å². The molecule has 4 N–H and O–H groups in total. The second-order valence-electron chi connectivity index (χ2n) is 7.44. The van der Waals surface area contributed by atoms with Crippen molar-refractivity contribution in [1.82, 2.24) is 10.1 Å². The molecule has 0 aliphatic carbocycles. The SMILES string of the molecule is COc1ccc(CC2=NC3=NC(c4ccco4)N(N)N3C(N)=N2)cc1OCc1ccccc1. The van der Waals surface area contributed by atoms with Crippen molar-refractivity contribution in [2.75, 3.05) is 7.11 Å². The normalized spacial score (nSPS) is 17.8. The number of fused-ring (bicyclic) bond motifs is 1. The molecule has 2 aliphatic rings. The van der Waals surface area contributed by atoms with Crippen LogP contribution in [-0.4, -0.2) is 35.0 Å². The quantitative estimate of drug-likeness (QED) is 0.535. The van der Waals surface area contributed by atoms with E-state index in [1.807, 2.05) is 48.5 Å². The molecule has 0 spiro atoms. The van der Waals surface area contributed by atoms with E-state index in [2.05, 4.69) is 15.0 Å². The van der Waals surface area contributed by atoms with E-state index in [4.69, 9.17) is 25.5 Å². The van der Waals surface area contributed by atoms with Crippen LogP contribution in [0, 0.1) is 0 Å². The molecule has 1 aromatic heterocycles. The second-order valence-corrected chi connectivity index (χ2v) is 7.44. The van der Waals surface area contributed by atoms with Crippen LogP contribution in [0.4, 0.5) is 0 Å². The van der Waals surface area contributed by atoms with Crippen molar-refractivity contribution in [2.24, 2.45) is 26.6 Å². The number of aliphatic imine (C=N–C) groups is 3. The van der Waals surface area contributed by atoms with Gasteiger partial charge >= 0.3 is 0 Å². The Balaban J connectivity index is 1.36. The zero-order chi connectivity index (χ0) is 22.8. The molecule has 3 aromatic rings. The summed E-state index contributed by atoms with van der Waals surface area (Å²) in [6.45, 7) is 0.430. The Morgan fingerprint density at radius 2 is 1.85 bits per heavy atom. The van der Waals surface area contributed by atoms with Crippen LogP contribution in [0.25, 0.3) is 0 Å². The molecule has 0 fully saturated rings. The van der Waals surface area contributed by atoms with Crippen LogP contribution in [0.15, 0.2) is 86.3 Å². The Morgan fingerprint density at radius 1 is 1.00 bits per heavy atom. The summed E-state index contributed by atoms with van der Waals surface area (Å²) in [6, 6.07) is 19.2. The lowest BCUT2D eigenvalue weighted by atomic mass is 10.1. The topological polar surface area (TPSA) is 127 Å². The molecule has 0 saturated carbocycles. The third-order valence-corrected chi connectivity index (χ3v) is 5.22. The fourth-order valence-electron chi connectivity index (χ4n) is 3.63. The van der Waals surface area contributed by atoms with Gasteiger partial charge in [0.2, 0.25) is 11.9 Å². The first-order valence-electron chi connectivity index (χ1n) is 10.3. The molecular weight excluding hydrogens is 422 g/mol. The molecule has 3 heterocycles. The van der Waals surface area contributed by atoms with Gasteiger partial charge in [-0.1, -0.05) is 36.4 Å². The Kier molecular flexibility index (Phi) is 5.51. The predicted octanol–water partition coefficient (Wildman–Crippen LogP) is 2.60. The highest BCUT2D eigenvalue weighted by atomic mass is 16.5. The number of guanidine groups is 2. The summed E-state index contributed by atoms with van der Waals surface area (Å²) in [7, 11) is 1.61. The summed E-state index contributed by atoms with van der Waals surface area (Å²) in [6.07, 6.45) is 1.43. The van der Waals surface area contributed by atoms with Gasteiger partial charge in [0, 0.05) is 6.42 Å². The van der Waals surface area contributed by atoms with Gasteiger partial charge in [0.15, 0.2) is 17.7 Å². The summed E-state index contributed by atoms with van der Waals surface area (Å²) in [5, 5.41) is 2.80. The Bertz CT molecular complexity index is 1220. The zero-order valence-corrected chi connectivity index (χ0v) is 18.0. The summed E-state index contributed by atoms with van der Waals surface area (Å²) < 4.78 is 16.9. The minimum Gasteiger partial charge on any atom is -0.493 e. The highest BCUT2D eigenvalue weighted by Gasteiger charge is 2.38. The van der Waals surface area contributed by atoms with Gasteiger partial charge in [-0.25, -0.2) is 10.8 Å². The lowest BCUT2D eigenvalue weighted by Gasteiger charge is -2.28. The fraction of sp³-hybridized carbons (Fsp3) is 0.174. The van der Waals surface area contributed by atoms with Crippen LogP contribution in [0.3, 0.4) is 0 Å². The van der Waals surface area contributed by atoms with Gasteiger partial charge < -0.3 is 19.6 Å². The van der Waals surface area contributed by atoms with Crippen molar-refractivity contribution < 1.29 is 13.9 Å². The maximum absolute atomic E-state index is 6.17. The van der Waals surface area contributed by atoms with Crippen molar-refractivity contribution in [3.8, 4) is 11.5 Å². The highest BCUT2D eigenvalue weighted by molar-refractivity contribution is 6.12. The standard InChI is InChI=1S/C23H23N7O3/c1-31-17-10-9-16(12-19(17)33-14-15-6-3-2-4-7-15)13-20-26-22(24)29-23(27-20)28-21(30(29)25)18-8-5-11-32-18/h2-12,21H,13-14,25H2,1H3,(H2,24,26,27,28).